The molecular weight excluding hydrogens is 368 g/mol. The van der Waals surface area contributed by atoms with Crippen LogP contribution in [0.4, 0.5) is 0 Å². The van der Waals surface area contributed by atoms with Crippen molar-refractivity contribution in [1.82, 2.24) is 4.90 Å². The number of rotatable bonds is 10. The summed E-state index contributed by atoms with van der Waals surface area (Å²) in [7, 11) is -3.75. The third-order valence-corrected chi connectivity index (χ3v) is 6.00. The van der Waals surface area contributed by atoms with Gasteiger partial charge in [0.1, 0.15) is 5.84 Å². The Kier molecular flexibility index (Phi) is 8.71. The van der Waals surface area contributed by atoms with E-state index in [0.717, 1.165) is 49.9 Å². The highest BCUT2D eigenvalue weighted by molar-refractivity contribution is 7.90. The van der Waals surface area contributed by atoms with Crippen molar-refractivity contribution in [3.63, 3.8) is 0 Å². The molecule has 0 unspecified atom stereocenters. The molecule has 28 heavy (non-hydrogen) atoms. The quantitative estimate of drug-likeness (QED) is 0.405. The van der Waals surface area contributed by atoms with Crippen LogP contribution < -0.4 is 0 Å². The third kappa shape index (κ3) is 6.79. The van der Waals surface area contributed by atoms with Crippen LogP contribution in [0.5, 0.6) is 0 Å². The lowest BCUT2D eigenvalue weighted by atomic mass is 10.1. The highest BCUT2D eigenvalue weighted by Crippen LogP contribution is 2.16. The van der Waals surface area contributed by atoms with E-state index in [9.17, 15) is 8.42 Å². The molecule has 0 aromatic heterocycles. The Labute approximate surface area is 170 Å². The van der Waals surface area contributed by atoms with E-state index in [4.69, 9.17) is 0 Å². The second kappa shape index (κ2) is 11.0. The Morgan fingerprint density at radius 1 is 0.893 bits per heavy atom. The van der Waals surface area contributed by atoms with Crippen molar-refractivity contribution in [2.24, 2.45) is 4.40 Å². The topological polar surface area (TPSA) is 49.7 Å². The molecule has 0 atom stereocenters. The van der Waals surface area contributed by atoms with Crippen molar-refractivity contribution in [2.75, 3.05) is 13.1 Å². The number of hydrogen-bond acceptors (Lipinski definition) is 2. The van der Waals surface area contributed by atoms with E-state index in [0.29, 0.717) is 12.3 Å². The van der Waals surface area contributed by atoms with Gasteiger partial charge in [0.15, 0.2) is 0 Å². The van der Waals surface area contributed by atoms with Crippen LogP contribution >= 0.6 is 0 Å². The average molecular weight is 401 g/mol. The normalized spacial score (nSPS) is 12.2. The molecule has 0 aliphatic carbocycles. The van der Waals surface area contributed by atoms with Gasteiger partial charge in [-0.3, -0.25) is 0 Å². The van der Waals surface area contributed by atoms with Crippen LogP contribution in [0, 0.1) is 6.92 Å². The summed E-state index contributed by atoms with van der Waals surface area (Å²) in [5, 5.41) is 0. The lowest BCUT2D eigenvalue weighted by molar-refractivity contribution is 0.393. The first kappa shape index (κ1) is 22.2. The molecule has 0 bridgehead atoms. The molecule has 0 saturated carbocycles. The highest BCUT2D eigenvalue weighted by Gasteiger charge is 2.18. The number of benzene rings is 2. The van der Waals surface area contributed by atoms with Gasteiger partial charge >= 0.3 is 0 Å². The Morgan fingerprint density at radius 2 is 1.46 bits per heavy atom. The van der Waals surface area contributed by atoms with Crippen LogP contribution in [0.1, 0.15) is 50.7 Å². The van der Waals surface area contributed by atoms with E-state index >= 15 is 0 Å². The van der Waals surface area contributed by atoms with E-state index in [2.05, 4.69) is 23.1 Å². The number of sulfonamides is 1. The van der Waals surface area contributed by atoms with Crippen molar-refractivity contribution < 1.29 is 8.42 Å². The molecule has 2 aromatic carbocycles. The predicted octanol–water partition coefficient (Wildman–Crippen LogP) is 5.23. The molecule has 0 saturated heterocycles. The molecule has 0 amide bonds. The molecule has 2 rings (SSSR count). The summed E-state index contributed by atoms with van der Waals surface area (Å²) in [4.78, 5) is 2.40. The molecule has 0 N–H and O–H groups in total. The van der Waals surface area contributed by atoms with Gasteiger partial charge in [-0.05, 0) is 37.5 Å². The summed E-state index contributed by atoms with van der Waals surface area (Å²) < 4.78 is 30.3. The molecule has 0 aliphatic heterocycles. The average Bonchev–Trinajstić information content (AvgIpc) is 2.68. The minimum absolute atomic E-state index is 0.245. The van der Waals surface area contributed by atoms with Gasteiger partial charge in [0.25, 0.3) is 10.0 Å². The van der Waals surface area contributed by atoms with Crippen LogP contribution in [-0.2, 0) is 16.4 Å². The molecule has 2 aromatic rings. The van der Waals surface area contributed by atoms with Crippen LogP contribution in [0.2, 0.25) is 0 Å². The number of aryl methyl sites for hydroxylation is 1. The lowest BCUT2D eigenvalue weighted by Gasteiger charge is -2.26. The van der Waals surface area contributed by atoms with Gasteiger partial charge in [-0.2, -0.15) is 8.42 Å². The summed E-state index contributed by atoms with van der Waals surface area (Å²) in [5.74, 6) is 0.633. The first-order chi connectivity index (χ1) is 13.5. The van der Waals surface area contributed by atoms with Gasteiger partial charge in [-0.1, -0.05) is 74.7 Å². The fraction of sp³-hybridized carbons (Fsp3) is 0.435. The van der Waals surface area contributed by atoms with Crippen molar-refractivity contribution in [3.8, 4) is 0 Å². The minimum atomic E-state index is -3.75. The van der Waals surface area contributed by atoms with Gasteiger partial charge in [-0.25, -0.2) is 0 Å². The zero-order chi connectivity index (χ0) is 20.4. The molecule has 0 fully saturated rings. The number of nitrogens with zero attached hydrogens (tertiary/aromatic N) is 2. The summed E-state index contributed by atoms with van der Waals surface area (Å²) in [6, 6.07) is 16.9. The van der Waals surface area contributed by atoms with Gasteiger partial charge in [-0.15, -0.1) is 4.40 Å². The number of unbranched alkanes of at least 4 members (excludes halogenated alkanes) is 2. The van der Waals surface area contributed by atoms with E-state index < -0.39 is 10.0 Å². The summed E-state index contributed by atoms with van der Waals surface area (Å²) >= 11 is 0. The molecule has 152 valence electrons. The van der Waals surface area contributed by atoms with Gasteiger partial charge in [0.05, 0.1) is 4.90 Å². The van der Waals surface area contributed by atoms with Gasteiger partial charge in [0.2, 0.25) is 0 Å². The Bertz CT molecular complexity index is 836. The Balaban J connectivity index is 2.41. The van der Waals surface area contributed by atoms with Crippen molar-refractivity contribution in [2.45, 2.75) is 57.8 Å². The zero-order valence-electron chi connectivity index (χ0n) is 17.3. The predicted molar refractivity (Wildman–Crippen MR) is 117 cm³/mol. The standard InChI is InChI=1S/C23H32N2O2S/c1-4-6-17-25(18-7-5-2)23(19-21-11-9-8-10-12-21)24-28(26,27)22-15-13-20(3)14-16-22/h8-16H,4-7,17-19H2,1-3H3. The van der Waals surface area contributed by atoms with Crippen molar-refractivity contribution in [1.29, 1.82) is 0 Å². The molecule has 0 radical (unpaired) electrons. The first-order valence-corrected chi connectivity index (χ1v) is 11.6. The fourth-order valence-electron chi connectivity index (χ4n) is 2.95. The smallest absolute Gasteiger partial charge is 0.283 e. The monoisotopic (exact) mass is 400 g/mol. The Morgan fingerprint density at radius 3 is 2.00 bits per heavy atom. The maximum Gasteiger partial charge on any atom is 0.283 e. The molecular formula is C23H32N2O2S. The van der Waals surface area contributed by atoms with E-state index in [-0.39, 0.29) is 4.90 Å². The van der Waals surface area contributed by atoms with Crippen LogP contribution in [0.15, 0.2) is 63.9 Å². The van der Waals surface area contributed by atoms with E-state index in [1.807, 2.05) is 49.4 Å². The SMILES string of the molecule is CCCCN(CCCC)C(Cc1ccccc1)=NS(=O)(=O)c1ccc(C)cc1. The van der Waals surface area contributed by atoms with Crippen LogP contribution in [-0.4, -0.2) is 32.2 Å². The summed E-state index contributed by atoms with van der Waals surface area (Å²) in [6.07, 6.45) is 4.67. The number of hydrogen-bond donors (Lipinski definition) is 0. The van der Waals surface area contributed by atoms with E-state index in [1.165, 1.54) is 0 Å². The lowest BCUT2D eigenvalue weighted by Crippen LogP contribution is -2.35. The highest BCUT2D eigenvalue weighted by atomic mass is 32.2. The minimum Gasteiger partial charge on any atom is -0.359 e. The zero-order valence-corrected chi connectivity index (χ0v) is 18.1. The third-order valence-electron chi connectivity index (χ3n) is 4.68. The summed E-state index contributed by atoms with van der Waals surface area (Å²) in [5.41, 5.74) is 2.10. The maximum atomic E-state index is 13.0. The van der Waals surface area contributed by atoms with Gasteiger partial charge < -0.3 is 4.90 Å². The second-order valence-corrected chi connectivity index (χ2v) is 8.76. The fourth-order valence-corrected chi connectivity index (χ4v) is 3.99. The first-order valence-electron chi connectivity index (χ1n) is 10.2. The summed E-state index contributed by atoms with van der Waals surface area (Å²) in [6.45, 7) is 7.89. The molecule has 5 heteroatoms. The molecule has 0 spiro atoms. The molecule has 0 heterocycles. The van der Waals surface area contributed by atoms with Crippen LogP contribution in [0.25, 0.3) is 0 Å². The van der Waals surface area contributed by atoms with Crippen molar-refractivity contribution >= 4 is 15.9 Å². The largest absolute Gasteiger partial charge is 0.359 e. The van der Waals surface area contributed by atoms with Crippen LogP contribution in [0.3, 0.4) is 0 Å². The second-order valence-electron chi connectivity index (χ2n) is 7.15. The Hall–Kier alpha value is -2.14. The van der Waals surface area contributed by atoms with Gasteiger partial charge in [0, 0.05) is 19.5 Å². The van der Waals surface area contributed by atoms with E-state index in [1.54, 1.807) is 12.1 Å². The number of amidine groups is 1. The molecule has 0 aliphatic rings. The molecule has 4 nitrogen and oxygen atoms in total. The van der Waals surface area contributed by atoms with Crippen molar-refractivity contribution in [3.05, 3.63) is 65.7 Å². The maximum absolute atomic E-state index is 13.0.